The van der Waals surface area contributed by atoms with Crippen molar-refractivity contribution in [2.45, 2.75) is 6.92 Å². The standard InChI is InChI=1S/C31H25N5O3/c1-19-7-6-10-25(33-19)30-22-8-4-5-9-23(22)31(36-35-30)34-20-11-13-21(14-12-20)39-27-15-16-32-26-18-29(38-3)28(37-2)17-24(26)27/h4-18H,1-3H3,(H,34,36). The summed E-state index contributed by atoms with van der Waals surface area (Å²) in [7, 11) is 3.20. The summed E-state index contributed by atoms with van der Waals surface area (Å²) in [6.07, 6.45) is 1.71. The third kappa shape index (κ3) is 4.75. The molecule has 0 atom stereocenters. The number of hydrogen-bond acceptors (Lipinski definition) is 8. The number of benzene rings is 3. The average molecular weight is 516 g/mol. The van der Waals surface area contributed by atoms with Crippen LogP contribution in [-0.4, -0.2) is 34.4 Å². The predicted molar refractivity (Wildman–Crippen MR) is 152 cm³/mol. The Bertz CT molecular complexity index is 1810. The molecule has 8 nitrogen and oxygen atoms in total. The Morgan fingerprint density at radius 2 is 1.46 bits per heavy atom. The Labute approximate surface area is 225 Å². The molecular weight excluding hydrogens is 490 g/mol. The van der Waals surface area contributed by atoms with Crippen molar-refractivity contribution in [3.63, 3.8) is 0 Å². The summed E-state index contributed by atoms with van der Waals surface area (Å²) >= 11 is 0. The molecule has 3 aromatic heterocycles. The van der Waals surface area contributed by atoms with Gasteiger partial charge in [-0.2, -0.15) is 0 Å². The van der Waals surface area contributed by atoms with Crippen molar-refractivity contribution in [2.24, 2.45) is 0 Å². The third-order valence-electron chi connectivity index (χ3n) is 6.37. The molecule has 39 heavy (non-hydrogen) atoms. The van der Waals surface area contributed by atoms with E-state index in [9.17, 15) is 0 Å². The first-order valence-corrected chi connectivity index (χ1v) is 12.4. The van der Waals surface area contributed by atoms with Crippen molar-refractivity contribution in [2.75, 3.05) is 19.5 Å². The van der Waals surface area contributed by atoms with Crippen LogP contribution in [-0.2, 0) is 0 Å². The van der Waals surface area contributed by atoms with Gasteiger partial charge >= 0.3 is 0 Å². The summed E-state index contributed by atoms with van der Waals surface area (Å²) < 4.78 is 17.1. The van der Waals surface area contributed by atoms with Crippen LogP contribution in [0.4, 0.5) is 11.5 Å². The van der Waals surface area contributed by atoms with Gasteiger partial charge in [-0.1, -0.05) is 30.3 Å². The summed E-state index contributed by atoms with van der Waals surface area (Å²) in [6.45, 7) is 1.97. The van der Waals surface area contributed by atoms with Gasteiger partial charge in [0.1, 0.15) is 17.2 Å². The second-order valence-electron chi connectivity index (χ2n) is 8.89. The Hall–Kier alpha value is -5.24. The highest BCUT2D eigenvalue weighted by Gasteiger charge is 2.14. The number of rotatable bonds is 7. The molecule has 0 radical (unpaired) electrons. The molecule has 0 aliphatic carbocycles. The van der Waals surface area contributed by atoms with Crippen LogP contribution in [0.1, 0.15) is 5.69 Å². The molecule has 0 aliphatic rings. The fraction of sp³-hybridized carbons (Fsp3) is 0.0968. The molecule has 0 spiro atoms. The number of pyridine rings is 2. The van der Waals surface area contributed by atoms with Gasteiger partial charge in [0.05, 0.1) is 25.4 Å². The zero-order chi connectivity index (χ0) is 26.8. The number of methoxy groups -OCH3 is 2. The molecule has 3 heterocycles. The molecule has 0 aliphatic heterocycles. The van der Waals surface area contributed by atoms with Gasteiger partial charge < -0.3 is 19.5 Å². The maximum absolute atomic E-state index is 6.22. The van der Waals surface area contributed by atoms with E-state index in [4.69, 9.17) is 14.2 Å². The molecule has 0 bridgehead atoms. The Kier molecular flexibility index (Phi) is 6.34. The first-order chi connectivity index (χ1) is 19.1. The third-order valence-corrected chi connectivity index (χ3v) is 6.37. The molecule has 0 fully saturated rings. The van der Waals surface area contributed by atoms with Crippen LogP contribution in [0, 0.1) is 6.92 Å². The van der Waals surface area contributed by atoms with Crippen LogP contribution in [0.15, 0.2) is 91.1 Å². The largest absolute Gasteiger partial charge is 0.493 e. The number of hydrogen-bond donors (Lipinski definition) is 1. The van der Waals surface area contributed by atoms with Gasteiger partial charge in [-0.3, -0.25) is 9.97 Å². The quantitative estimate of drug-likeness (QED) is 0.241. The van der Waals surface area contributed by atoms with Gasteiger partial charge in [-0.05, 0) is 55.5 Å². The Morgan fingerprint density at radius 3 is 2.23 bits per heavy atom. The van der Waals surface area contributed by atoms with Gasteiger partial charge in [0.2, 0.25) is 0 Å². The highest BCUT2D eigenvalue weighted by atomic mass is 16.5. The van der Waals surface area contributed by atoms with E-state index in [1.807, 2.05) is 91.9 Å². The predicted octanol–water partition coefficient (Wildman–Crippen LogP) is 7.10. The Balaban J connectivity index is 1.27. The fourth-order valence-electron chi connectivity index (χ4n) is 4.47. The van der Waals surface area contributed by atoms with Crippen molar-refractivity contribution in [3.05, 3.63) is 96.8 Å². The SMILES string of the molecule is COc1cc2nccc(Oc3ccc(Nc4nnc(-c5cccc(C)n5)c5ccccc45)cc3)c2cc1OC. The van der Waals surface area contributed by atoms with Crippen LogP contribution >= 0.6 is 0 Å². The summed E-state index contributed by atoms with van der Waals surface area (Å²) in [6, 6.07) is 27.1. The summed E-state index contributed by atoms with van der Waals surface area (Å²) in [5.41, 5.74) is 4.09. The number of anilines is 2. The van der Waals surface area contributed by atoms with E-state index >= 15 is 0 Å². The number of aromatic nitrogens is 4. The lowest BCUT2D eigenvalue weighted by molar-refractivity contribution is 0.355. The van der Waals surface area contributed by atoms with E-state index in [2.05, 4.69) is 25.5 Å². The minimum atomic E-state index is 0.611. The fourth-order valence-corrected chi connectivity index (χ4v) is 4.47. The average Bonchev–Trinajstić information content (AvgIpc) is 2.97. The van der Waals surface area contributed by atoms with Crippen molar-refractivity contribution in [1.82, 2.24) is 20.2 Å². The van der Waals surface area contributed by atoms with Gasteiger partial charge in [-0.15, -0.1) is 10.2 Å². The molecular formula is C31H25N5O3. The maximum Gasteiger partial charge on any atom is 0.162 e. The number of aryl methyl sites for hydroxylation is 1. The second kappa shape index (κ2) is 10.3. The molecule has 0 saturated carbocycles. The van der Waals surface area contributed by atoms with E-state index in [-0.39, 0.29) is 0 Å². The van der Waals surface area contributed by atoms with E-state index in [1.165, 1.54) is 0 Å². The lowest BCUT2D eigenvalue weighted by atomic mass is 10.1. The first kappa shape index (κ1) is 24.1. The van der Waals surface area contributed by atoms with E-state index in [1.54, 1.807) is 20.4 Å². The summed E-state index contributed by atoms with van der Waals surface area (Å²) in [4.78, 5) is 9.08. The van der Waals surface area contributed by atoms with E-state index in [0.717, 1.165) is 44.4 Å². The van der Waals surface area contributed by atoms with Crippen LogP contribution in [0.25, 0.3) is 33.1 Å². The maximum atomic E-state index is 6.22. The van der Waals surface area contributed by atoms with Crippen LogP contribution < -0.4 is 19.5 Å². The summed E-state index contributed by atoms with van der Waals surface area (Å²) in [5, 5.41) is 15.2. The molecule has 192 valence electrons. The highest BCUT2D eigenvalue weighted by Crippen LogP contribution is 2.37. The van der Waals surface area contributed by atoms with Gasteiger partial charge in [-0.25, -0.2) is 0 Å². The van der Waals surface area contributed by atoms with Gasteiger partial charge in [0.25, 0.3) is 0 Å². The van der Waals surface area contributed by atoms with Crippen molar-refractivity contribution < 1.29 is 14.2 Å². The number of ether oxygens (including phenoxy) is 3. The first-order valence-electron chi connectivity index (χ1n) is 12.4. The molecule has 3 aromatic carbocycles. The normalized spacial score (nSPS) is 10.9. The second-order valence-corrected chi connectivity index (χ2v) is 8.89. The van der Waals surface area contributed by atoms with Crippen molar-refractivity contribution in [1.29, 1.82) is 0 Å². The zero-order valence-corrected chi connectivity index (χ0v) is 21.7. The highest BCUT2D eigenvalue weighted by molar-refractivity contribution is 6.00. The van der Waals surface area contributed by atoms with Gasteiger partial charge in [0.15, 0.2) is 17.3 Å². The van der Waals surface area contributed by atoms with Crippen LogP contribution in [0.2, 0.25) is 0 Å². The molecule has 1 N–H and O–H groups in total. The van der Waals surface area contributed by atoms with E-state index in [0.29, 0.717) is 28.8 Å². The van der Waals surface area contributed by atoms with E-state index < -0.39 is 0 Å². The topological polar surface area (TPSA) is 91.3 Å². The van der Waals surface area contributed by atoms with Crippen LogP contribution in [0.5, 0.6) is 23.0 Å². The lowest BCUT2D eigenvalue weighted by Gasteiger charge is -2.13. The van der Waals surface area contributed by atoms with Crippen molar-refractivity contribution in [3.8, 4) is 34.4 Å². The number of nitrogens with one attached hydrogen (secondary N) is 1. The lowest BCUT2D eigenvalue weighted by Crippen LogP contribution is -2.00. The Morgan fingerprint density at radius 1 is 0.692 bits per heavy atom. The zero-order valence-electron chi connectivity index (χ0n) is 21.7. The minimum Gasteiger partial charge on any atom is -0.493 e. The molecule has 8 heteroatoms. The molecule has 6 aromatic rings. The number of fused-ring (bicyclic) bond motifs is 2. The molecule has 0 amide bonds. The molecule has 0 saturated heterocycles. The summed E-state index contributed by atoms with van der Waals surface area (Å²) in [5.74, 6) is 3.24. The number of nitrogens with zero attached hydrogens (tertiary/aromatic N) is 4. The van der Waals surface area contributed by atoms with Crippen molar-refractivity contribution >= 4 is 33.2 Å². The van der Waals surface area contributed by atoms with Crippen LogP contribution in [0.3, 0.4) is 0 Å². The molecule has 0 unspecified atom stereocenters. The minimum absolute atomic E-state index is 0.611. The smallest absolute Gasteiger partial charge is 0.162 e. The van der Waals surface area contributed by atoms with Gasteiger partial charge in [0, 0.05) is 39.8 Å². The monoisotopic (exact) mass is 515 g/mol. The molecule has 6 rings (SSSR count).